The predicted octanol–water partition coefficient (Wildman–Crippen LogP) is 1.48. The molecule has 0 radical (unpaired) electrons. The Morgan fingerprint density at radius 2 is 2.20 bits per heavy atom. The van der Waals surface area contributed by atoms with Gasteiger partial charge < -0.3 is 11.1 Å². The molecule has 1 amide bonds. The van der Waals surface area contributed by atoms with Crippen LogP contribution in [0.5, 0.6) is 0 Å². The summed E-state index contributed by atoms with van der Waals surface area (Å²) in [6.45, 7) is 5.60. The second kappa shape index (κ2) is 9.04. The van der Waals surface area contributed by atoms with E-state index in [1.165, 1.54) is 0 Å². The summed E-state index contributed by atoms with van der Waals surface area (Å²) in [6, 6.07) is 0. The Morgan fingerprint density at radius 1 is 1.53 bits per heavy atom. The van der Waals surface area contributed by atoms with Crippen molar-refractivity contribution in [1.82, 2.24) is 5.32 Å². The number of carbonyl (C=O) groups excluding carboxylic acids is 1. The summed E-state index contributed by atoms with van der Waals surface area (Å²) in [7, 11) is 0. The lowest BCUT2D eigenvalue weighted by Crippen LogP contribution is -2.31. The predicted molar refractivity (Wildman–Crippen MR) is 68.0 cm³/mol. The van der Waals surface area contributed by atoms with Gasteiger partial charge in [-0.15, -0.1) is 0 Å². The summed E-state index contributed by atoms with van der Waals surface area (Å²) in [4.78, 5) is 11.5. The zero-order chi connectivity index (χ0) is 11.7. The topological polar surface area (TPSA) is 55.1 Å². The summed E-state index contributed by atoms with van der Waals surface area (Å²) >= 11 is 1.81. The highest BCUT2D eigenvalue weighted by atomic mass is 32.2. The molecule has 2 atom stereocenters. The van der Waals surface area contributed by atoms with Crippen molar-refractivity contribution in [3.8, 4) is 0 Å². The van der Waals surface area contributed by atoms with Gasteiger partial charge in [0.25, 0.3) is 0 Å². The Kier molecular flexibility index (Phi) is 8.91. The first-order valence-electron chi connectivity index (χ1n) is 5.59. The van der Waals surface area contributed by atoms with Crippen molar-refractivity contribution < 1.29 is 4.79 Å². The van der Waals surface area contributed by atoms with Crippen molar-refractivity contribution in [3.05, 3.63) is 0 Å². The fourth-order valence-electron chi connectivity index (χ4n) is 1.36. The quantitative estimate of drug-likeness (QED) is 0.666. The van der Waals surface area contributed by atoms with E-state index >= 15 is 0 Å². The van der Waals surface area contributed by atoms with Crippen LogP contribution in [0.3, 0.4) is 0 Å². The van der Waals surface area contributed by atoms with Gasteiger partial charge >= 0.3 is 0 Å². The second-order valence-electron chi connectivity index (χ2n) is 4.08. The Balaban J connectivity index is 3.64. The molecule has 0 bridgehead atoms. The second-order valence-corrected chi connectivity index (χ2v) is 4.99. The van der Waals surface area contributed by atoms with E-state index in [-0.39, 0.29) is 5.91 Å². The maximum Gasteiger partial charge on any atom is 0.220 e. The first-order chi connectivity index (χ1) is 7.13. The van der Waals surface area contributed by atoms with Crippen molar-refractivity contribution >= 4 is 17.7 Å². The van der Waals surface area contributed by atoms with Crippen molar-refractivity contribution in [1.29, 1.82) is 0 Å². The molecule has 0 saturated heterocycles. The third-order valence-corrected chi connectivity index (χ3v) is 3.39. The van der Waals surface area contributed by atoms with Gasteiger partial charge in [0.2, 0.25) is 5.91 Å². The summed E-state index contributed by atoms with van der Waals surface area (Å²) in [5.41, 5.74) is 5.55. The van der Waals surface area contributed by atoms with E-state index in [9.17, 15) is 4.79 Å². The Hall–Kier alpha value is -0.220. The van der Waals surface area contributed by atoms with Gasteiger partial charge in [0.1, 0.15) is 0 Å². The van der Waals surface area contributed by atoms with Gasteiger partial charge in [0, 0.05) is 13.0 Å². The highest BCUT2D eigenvalue weighted by molar-refractivity contribution is 7.98. The number of amides is 1. The Bertz CT molecular complexity index is 172. The minimum absolute atomic E-state index is 0.139. The van der Waals surface area contributed by atoms with Gasteiger partial charge in [-0.05, 0) is 30.4 Å². The van der Waals surface area contributed by atoms with Gasteiger partial charge in [-0.3, -0.25) is 4.79 Å². The van der Waals surface area contributed by atoms with Gasteiger partial charge in [0.15, 0.2) is 0 Å². The van der Waals surface area contributed by atoms with Gasteiger partial charge in [-0.25, -0.2) is 0 Å². The molecule has 0 aromatic carbocycles. The van der Waals surface area contributed by atoms with Crippen LogP contribution < -0.4 is 11.1 Å². The number of nitrogens with two attached hydrogens (primary N) is 1. The normalized spacial score (nSPS) is 14.7. The van der Waals surface area contributed by atoms with E-state index in [2.05, 4.69) is 25.4 Å². The first kappa shape index (κ1) is 14.8. The number of rotatable bonds is 8. The van der Waals surface area contributed by atoms with Crippen molar-refractivity contribution in [2.45, 2.75) is 26.7 Å². The maximum absolute atomic E-state index is 11.5. The zero-order valence-electron chi connectivity index (χ0n) is 10.1. The van der Waals surface area contributed by atoms with E-state index in [1.807, 2.05) is 11.8 Å². The van der Waals surface area contributed by atoms with E-state index < -0.39 is 0 Å². The van der Waals surface area contributed by atoms with Crippen LogP contribution in [0.1, 0.15) is 26.7 Å². The van der Waals surface area contributed by atoms with Gasteiger partial charge in [-0.2, -0.15) is 11.8 Å². The average Bonchev–Trinajstić information content (AvgIpc) is 2.23. The number of carbonyl (C=O) groups is 1. The molecule has 0 aliphatic rings. The minimum Gasteiger partial charge on any atom is -0.356 e. The molecule has 0 aromatic rings. The lowest BCUT2D eigenvalue weighted by molar-refractivity contribution is -0.122. The molecule has 0 aromatic heterocycles. The zero-order valence-corrected chi connectivity index (χ0v) is 10.9. The number of thioether (sulfide) groups is 1. The molecule has 0 aliphatic heterocycles. The summed E-state index contributed by atoms with van der Waals surface area (Å²) < 4.78 is 0. The van der Waals surface area contributed by atoms with Crippen LogP contribution >= 0.6 is 11.8 Å². The number of hydrogen-bond donors (Lipinski definition) is 2. The Labute approximate surface area is 97.6 Å². The molecule has 0 aliphatic carbocycles. The van der Waals surface area contributed by atoms with Crippen LogP contribution in [0, 0.1) is 11.8 Å². The van der Waals surface area contributed by atoms with Crippen LogP contribution in [-0.2, 0) is 4.79 Å². The molecule has 3 N–H and O–H groups in total. The molecular weight excluding hydrogens is 208 g/mol. The first-order valence-corrected chi connectivity index (χ1v) is 6.99. The average molecular weight is 232 g/mol. The Morgan fingerprint density at radius 3 is 2.67 bits per heavy atom. The third-order valence-electron chi connectivity index (χ3n) is 2.48. The summed E-state index contributed by atoms with van der Waals surface area (Å²) in [6.07, 6.45) is 3.63. The van der Waals surface area contributed by atoms with E-state index in [4.69, 9.17) is 5.73 Å². The molecular formula is C11H24N2OS. The van der Waals surface area contributed by atoms with E-state index in [0.717, 1.165) is 18.7 Å². The van der Waals surface area contributed by atoms with E-state index in [0.29, 0.717) is 24.8 Å². The maximum atomic E-state index is 11.5. The standard InChI is InChI=1S/C11H24N2OS/c1-4-10(6-12)5-11(14)13-7-9(2)8-15-3/h9-10H,4-8,12H2,1-3H3,(H,13,14). The van der Waals surface area contributed by atoms with Crippen LogP contribution in [-0.4, -0.2) is 31.0 Å². The molecule has 0 heterocycles. The van der Waals surface area contributed by atoms with Crippen LogP contribution in [0.4, 0.5) is 0 Å². The molecule has 90 valence electrons. The molecule has 0 fully saturated rings. The third kappa shape index (κ3) is 7.68. The number of hydrogen-bond acceptors (Lipinski definition) is 3. The van der Waals surface area contributed by atoms with Crippen molar-refractivity contribution in [2.24, 2.45) is 17.6 Å². The molecule has 0 rings (SSSR count). The molecule has 15 heavy (non-hydrogen) atoms. The molecule has 0 saturated carbocycles. The SMILES string of the molecule is CCC(CN)CC(=O)NCC(C)CSC. The highest BCUT2D eigenvalue weighted by Gasteiger charge is 2.10. The summed E-state index contributed by atoms with van der Waals surface area (Å²) in [5, 5.41) is 2.96. The lowest BCUT2D eigenvalue weighted by Gasteiger charge is -2.14. The lowest BCUT2D eigenvalue weighted by atomic mass is 10.0. The molecule has 3 nitrogen and oxygen atoms in total. The van der Waals surface area contributed by atoms with Crippen LogP contribution in [0.25, 0.3) is 0 Å². The van der Waals surface area contributed by atoms with Crippen molar-refractivity contribution in [2.75, 3.05) is 25.1 Å². The van der Waals surface area contributed by atoms with Gasteiger partial charge in [-0.1, -0.05) is 20.3 Å². The summed E-state index contributed by atoms with van der Waals surface area (Å²) in [5.74, 6) is 2.11. The number of nitrogens with one attached hydrogen (secondary N) is 1. The fraction of sp³-hybridized carbons (Fsp3) is 0.909. The molecule has 4 heteroatoms. The van der Waals surface area contributed by atoms with Crippen LogP contribution in [0.15, 0.2) is 0 Å². The smallest absolute Gasteiger partial charge is 0.220 e. The molecule has 0 spiro atoms. The van der Waals surface area contributed by atoms with Crippen LogP contribution in [0.2, 0.25) is 0 Å². The highest BCUT2D eigenvalue weighted by Crippen LogP contribution is 2.06. The van der Waals surface area contributed by atoms with E-state index in [1.54, 1.807) is 0 Å². The minimum atomic E-state index is 0.139. The largest absolute Gasteiger partial charge is 0.356 e. The molecule has 2 unspecified atom stereocenters. The van der Waals surface area contributed by atoms with Gasteiger partial charge in [0.05, 0.1) is 0 Å². The monoisotopic (exact) mass is 232 g/mol. The fourth-order valence-corrected chi connectivity index (χ4v) is 2.05. The van der Waals surface area contributed by atoms with Crippen molar-refractivity contribution in [3.63, 3.8) is 0 Å².